The number of hydrogen-bond acceptors (Lipinski definition) is 9. The van der Waals surface area contributed by atoms with Gasteiger partial charge in [-0.05, 0) is 129 Å². The number of para-hydroxylation sites is 1. The third-order valence-electron chi connectivity index (χ3n) is 15.3. The number of carbonyl (C=O) groups is 5. The third-order valence-corrected chi connectivity index (χ3v) is 15.3. The van der Waals surface area contributed by atoms with Gasteiger partial charge in [-0.2, -0.15) is 5.10 Å². The second-order valence-corrected chi connectivity index (χ2v) is 19.6. The number of rotatable bonds is 11. The van der Waals surface area contributed by atoms with Gasteiger partial charge in [0.05, 0.1) is 27.6 Å². The topological polar surface area (TPSA) is 176 Å². The molecule has 0 saturated carbocycles. The van der Waals surface area contributed by atoms with Gasteiger partial charge in [-0.15, -0.1) is 0 Å². The van der Waals surface area contributed by atoms with Gasteiger partial charge in [0.15, 0.2) is 5.69 Å². The lowest BCUT2D eigenvalue weighted by Gasteiger charge is -2.47. The Balaban J connectivity index is 0.916. The SMILES string of the molecule is CNC(=O)c1cccc(NC(=O)c2nn(C)c3ccc(-c4ccc(N5CCCC5=O)cc4-c4ccc(N(C)C(C)(C)C5CCN(c6cccc7c6n(C)c(=O)n7C6CCC(=O)NC6=O)CC5)cc4)c(F)c23)c1. The van der Waals surface area contributed by atoms with E-state index in [4.69, 9.17) is 0 Å². The molecule has 1 atom stereocenters. The van der Waals surface area contributed by atoms with E-state index in [2.05, 4.69) is 63.9 Å². The maximum atomic E-state index is 17.3. The molecule has 10 rings (SSSR count). The van der Waals surface area contributed by atoms with Gasteiger partial charge in [-0.3, -0.25) is 43.1 Å². The number of fused-ring (bicyclic) bond motifs is 2. The molecule has 7 aromatic rings. The fourth-order valence-electron chi connectivity index (χ4n) is 11.1. The number of nitrogens with zero attached hydrogens (tertiary/aromatic N) is 7. The maximum absolute atomic E-state index is 17.3. The lowest BCUT2D eigenvalue weighted by molar-refractivity contribution is -0.135. The highest BCUT2D eigenvalue weighted by molar-refractivity contribution is 6.13. The molecule has 370 valence electrons. The van der Waals surface area contributed by atoms with Crippen molar-refractivity contribution in [2.24, 2.45) is 20.0 Å². The van der Waals surface area contributed by atoms with E-state index in [1.54, 1.807) is 60.0 Å². The highest BCUT2D eigenvalue weighted by Gasteiger charge is 2.38. The van der Waals surface area contributed by atoms with Crippen LogP contribution in [0.2, 0.25) is 0 Å². The highest BCUT2D eigenvalue weighted by atomic mass is 19.1. The van der Waals surface area contributed by atoms with Gasteiger partial charge in [-0.1, -0.05) is 30.3 Å². The molecule has 3 fully saturated rings. The van der Waals surface area contributed by atoms with Gasteiger partial charge in [-0.25, -0.2) is 9.18 Å². The number of halogens is 1. The van der Waals surface area contributed by atoms with Crippen LogP contribution < -0.4 is 36.3 Å². The summed E-state index contributed by atoms with van der Waals surface area (Å²) in [4.78, 5) is 84.0. The summed E-state index contributed by atoms with van der Waals surface area (Å²) in [6.07, 6.45) is 3.43. The molecule has 1 unspecified atom stereocenters. The first-order valence-corrected chi connectivity index (χ1v) is 24.4. The van der Waals surface area contributed by atoms with Gasteiger partial charge in [0.1, 0.15) is 11.9 Å². The van der Waals surface area contributed by atoms with Crippen molar-refractivity contribution in [3.63, 3.8) is 0 Å². The van der Waals surface area contributed by atoms with Gasteiger partial charge < -0.3 is 25.3 Å². The van der Waals surface area contributed by atoms with Crippen LogP contribution in [0.4, 0.5) is 27.1 Å². The molecule has 17 heteroatoms. The lowest BCUT2D eigenvalue weighted by atomic mass is 9.79. The summed E-state index contributed by atoms with van der Waals surface area (Å²) in [6, 6.07) is 28.8. The normalized spacial score (nSPS) is 16.7. The fraction of sp³-hybridized carbons (Fsp3) is 0.327. The monoisotopic (exact) mass is 972 g/mol. The molecule has 0 radical (unpaired) electrons. The van der Waals surface area contributed by atoms with Crippen LogP contribution in [0.15, 0.2) is 102 Å². The minimum Gasteiger partial charge on any atom is -0.370 e. The van der Waals surface area contributed by atoms with E-state index in [1.807, 2.05) is 48.5 Å². The minimum atomic E-state index is -0.756. The molecular weight excluding hydrogens is 916 g/mol. The smallest absolute Gasteiger partial charge is 0.329 e. The van der Waals surface area contributed by atoms with Crippen molar-refractivity contribution < 1.29 is 28.4 Å². The molecular formula is C55H57FN10O6. The second-order valence-electron chi connectivity index (χ2n) is 19.6. The van der Waals surface area contributed by atoms with Crippen LogP contribution in [-0.2, 0) is 28.5 Å². The van der Waals surface area contributed by atoms with Crippen LogP contribution in [-0.4, -0.2) is 87.7 Å². The Morgan fingerprint density at radius 2 is 1.54 bits per heavy atom. The number of benzene rings is 5. The summed E-state index contributed by atoms with van der Waals surface area (Å²) < 4.78 is 21.9. The molecule has 3 saturated heterocycles. The number of anilines is 4. The zero-order chi connectivity index (χ0) is 50.7. The Kier molecular flexibility index (Phi) is 12.3. The van der Waals surface area contributed by atoms with Crippen molar-refractivity contribution >= 4 is 74.2 Å². The predicted octanol–water partition coefficient (Wildman–Crippen LogP) is 7.55. The van der Waals surface area contributed by atoms with Crippen molar-refractivity contribution in [1.29, 1.82) is 0 Å². The van der Waals surface area contributed by atoms with E-state index in [1.165, 1.54) is 16.3 Å². The molecule has 5 aromatic carbocycles. The quantitative estimate of drug-likeness (QED) is 0.111. The van der Waals surface area contributed by atoms with E-state index >= 15 is 4.39 Å². The van der Waals surface area contributed by atoms with Crippen molar-refractivity contribution in [1.82, 2.24) is 29.5 Å². The van der Waals surface area contributed by atoms with Crippen LogP contribution in [0.25, 0.3) is 44.2 Å². The first-order valence-electron chi connectivity index (χ1n) is 24.4. The maximum Gasteiger partial charge on any atom is 0.329 e. The molecule has 5 amide bonds. The molecule has 2 aromatic heterocycles. The number of piperidine rings is 2. The Morgan fingerprint density at radius 3 is 2.25 bits per heavy atom. The van der Waals surface area contributed by atoms with Crippen LogP contribution >= 0.6 is 0 Å². The van der Waals surface area contributed by atoms with E-state index in [9.17, 15) is 28.8 Å². The largest absolute Gasteiger partial charge is 0.370 e. The molecule has 5 heterocycles. The van der Waals surface area contributed by atoms with Crippen molar-refractivity contribution in [2.75, 3.05) is 53.7 Å². The minimum absolute atomic E-state index is 0.0322. The first kappa shape index (κ1) is 47.6. The molecule has 3 aliphatic rings. The summed E-state index contributed by atoms with van der Waals surface area (Å²) in [5.41, 5.74) is 6.91. The Morgan fingerprint density at radius 1 is 0.806 bits per heavy atom. The number of carbonyl (C=O) groups excluding carboxylic acids is 5. The summed E-state index contributed by atoms with van der Waals surface area (Å²) in [6.45, 7) is 6.62. The third kappa shape index (κ3) is 8.25. The van der Waals surface area contributed by atoms with Crippen molar-refractivity contribution in [3.8, 4) is 22.3 Å². The van der Waals surface area contributed by atoms with Crippen LogP contribution in [0, 0.1) is 11.7 Å². The Bertz CT molecular complexity index is 3420. The fourth-order valence-corrected chi connectivity index (χ4v) is 11.1. The predicted molar refractivity (Wildman–Crippen MR) is 277 cm³/mol. The van der Waals surface area contributed by atoms with Crippen LogP contribution in [0.5, 0.6) is 0 Å². The zero-order valence-electron chi connectivity index (χ0n) is 41.2. The van der Waals surface area contributed by atoms with Crippen molar-refractivity contribution in [3.05, 3.63) is 125 Å². The average molecular weight is 973 g/mol. The number of amides is 5. The molecule has 16 nitrogen and oxygen atoms in total. The molecule has 3 N–H and O–H groups in total. The molecule has 0 spiro atoms. The summed E-state index contributed by atoms with van der Waals surface area (Å²) >= 11 is 0. The summed E-state index contributed by atoms with van der Waals surface area (Å²) in [5, 5.41) is 12.3. The summed E-state index contributed by atoms with van der Waals surface area (Å²) in [7, 11) is 7.01. The van der Waals surface area contributed by atoms with Gasteiger partial charge in [0.25, 0.3) is 11.8 Å². The van der Waals surface area contributed by atoms with Gasteiger partial charge in [0.2, 0.25) is 17.7 Å². The first-order chi connectivity index (χ1) is 34.5. The molecule has 0 bridgehead atoms. The number of aromatic nitrogens is 4. The van der Waals surface area contributed by atoms with Crippen molar-refractivity contribution in [2.45, 2.75) is 64.0 Å². The van der Waals surface area contributed by atoms with Gasteiger partial charge >= 0.3 is 5.69 Å². The molecule has 3 aliphatic heterocycles. The van der Waals surface area contributed by atoms with E-state index in [0.717, 1.165) is 60.5 Å². The molecule has 0 aliphatic carbocycles. The highest BCUT2D eigenvalue weighted by Crippen LogP contribution is 2.42. The Hall–Kier alpha value is -8.08. The van der Waals surface area contributed by atoms with Gasteiger partial charge in [0, 0.05) is 94.4 Å². The van der Waals surface area contributed by atoms with E-state index in [-0.39, 0.29) is 58.4 Å². The number of imide groups is 1. The zero-order valence-corrected chi connectivity index (χ0v) is 41.2. The number of imidazole rings is 1. The number of hydrogen-bond donors (Lipinski definition) is 3. The average Bonchev–Trinajstić information content (AvgIpc) is 4.05. The number of aryl methyl sites for hydroxylation is 2. The van der Waals surface area contributed by atoms with Crippen LogP contribution in [0.1, 0.15) is 79.3 Å². The standard InChI is InChI=1S/C55H57FN10O6/c1-55(2,34-25-28-64(29-26-34)42-12-8-13-43-50(42)61(4)54(72)66(43)44-23-24-45(67)59-52(44)70)62(5)36-17-15-32(16-18-36)40-31-37(65-27-9-14-46(65)68)19-20-38(40)39-21-22-41-47(48(39)56)49(60-63(41)6)53(71)58-35-11-7-10-33(30-35)51(69)57-3/h7-8,10-13,15-22,30-31,34,44H,9,14,23-29H2,1-6H3,(H,57,69)(H,58,71)(H,59,67,70). The Labute approximate surface area is 415 Å². The summed E-state index contributed by atoms with van der Waals surface area (Å²) in [5.74, 6) is -2.01. The lowest BCUT2D eigenvalue weighted by Crippen LogP contribution is -2.51. The molecule has 72 heavy (non-hydrogen) atoms. The van der Waals surface area contributed by atoms with E-state index < -0.39 is 23.7 Å². The second kappa shape index (κ2) is 18.6. The van der Waals surface area contributed by atoms with E-state index in [0.29, 0.717) is 52.3 Å². The van der Waals surface area contributed by atoms with Crippen LogP contribution in [0.3, 0.4) is 0 Å². The number of nitrogens with one attached hydrogen (secondary N) is 3.